The molecule has 1 fully saturated rings. The molecule has 0 aromatic heterocycles. The molecule has 0 saturated heterocycles. The van der Waals surface area contributed by atoms with E-state index in [0.717, 1.165) is 36.8 Å². The number of hydrogen-bond donors (Lipinski definition) is 0. The molecule has 2 aliphatic carbocycles. The fourth-order valence-corrected chi connectivity index (χ4v) is 2.86. The summed E-state index contributed by atoms with van der Waals surface area (Å²) in [6, 6.07) is 0. The third-order valence-corrected chi connectivity index (χ3v) is 4.92. The van der Waals surface area contributed by atoms with Crippen LogP contribution in [0.15, 0.2) is 36.0 Å². The van der Waals surface area contributed by atoms with Crippen LogP contribution in [0.2, 0.25) is 0 Å². The van der Waals surface area contributed by atoms with Gasteiger partial charge in [-0.1, -0.05) is 44.7 Å². The molecule has 0 aliphatic heterocycles. The van der Waals surface area contributed by atoms with Gasteiger partial charge in [0.15, 0.2) is 5.78 Å². The van der Waals surface area contributed by atoms with E-state index in [9.17, 15) is 9.59 Å². The standard InChI is InChI=1S/C10H16O.C10H14O.CH4.2HI.3H2S.V/c2*1-7(2)9-5-4-8(3)10(11)6-9;;;;;;;/h8-9H,1,4-6H2,2-3H3;4,9H,1,5-6H2,2-3H3;1H4;2*1H;3*1H2;/q;;;;;;;;+2/p-2/t8-,9-;9-;;;;;;;/m00......./s1. The van der Waals surface area contributed by atoms with Crippen LogP contribution in [0.25, 0.3) is 0 Å². The molecule has 2 aliphatic rings. The van der Waals surface area contributed by atoms with Crippen molar-refractivity contribution in [1.82, 2.24) is 0 Å². The van der Waals surface area contributed by atoms with Crippen molar-refractivity contribution in [3.8, 4) is 0 Å². The Labute approximate surface area is 229 Å². The molecule has 0 spiro atoms. The van der Waals surface area contributed by atoms with Gasteiger partial charge < -0.3 is 0 Å². The van der Waals surface area contributed by atoms with Crippen molar-refractivity contribution >= 4 is 92.0 Å². The zero-order valence-electron chi connectivity index (χ0n) is 17.3. The van der Waals surface area contributed by atoms with Crippen molar-refractivity contribution in [2.24, 2.45) is 17.8 Å². The summed E-state index contributed by atoms with van der Waals surface area (Å²) in [7, 11) is 0.628. The summed E-state index contributed by atoms with van der Waals surface area (Å²) >= 11 is 4.74. The number of Topliss-reactive ketones (excluding diaryl/α,β-unsaturated/α-hetero) is 2. The minimum absolute atomic E-state index is 0. The van der Waals surface area contributed by atoms with Crippen molar-refractivity contribution < 1.29 is 19.1 Å². The Morgan fingerprint density at radius 1 is 1.00 bits per heavy atom. The first-order valence-corrected chi connectivity index (χ1v) is 17.6. The molecule has 8 heteroatoms. The van der Waals surface area contributed by atoms with Crippen molar-refractivity contribution in [3.63, 3.8) is 0 Å². The SMILES string of the molecule is C.C=C(C)[C@H]1CC=C(C)C(=O)C1.C=C(C)[C@H]1CC[C@H](C)C(=O)C1.S.S.S.[I][V][I]. The quantitative estimate of drug-likeness (QED) is 0.215. The number of allylic oxidation sites excluding steroid dienone is 4. The fraction of sp³-hybridized carbons (Fsp3) is 0.619. The van der Waals surface area contributed by atoms with Gasteiger partial charge >= 0.3 is 49.4 Å². The summed E-state index contributed by atoms with van der Waals surface area (Å²) in [6.07, 6.45) is 6.62. The summed E-state index contributed by atoms with van der Waals surface area (Å²) < 4.78 is 0. The molecule has 29 heavy (non-hydrogen) atoms. The van der Waals surface area contributed by atoms with Crippen molar-refractivity contribution in [2.45, 2.75) is 67.2 Å². The molecular weight excluding hydrogens is 685 g/mol. The first-order chi connectivity index (χ1) is 11.6. The molecular formula is C21H40I2O2S3V. The van der Waals surface area contributed by atoms with Gasteiger partial charge in [0, 0.05) is 18.8 Å². The Bertz CT molecular complexity index is 540. The van der Waals surface area contributed by atoms with Crippen LogP contribution in [0.5, 0.6) is 0 Å². The second kappa shape index (κ2) is 22.8. The second-order valence-electron chi connectivity index (χ2n) is 7.05. The Morgan fingerprint density at radius 3 is 1.79 bits per heavy atom. The molecule has 0 unspecified atom stereocenters. The fourth-order valence-electron chi connectivity index (χ4n) is 2.86. The Balaban J connectivity index is -0.000000104. The Kier molecular flexibility index (Phi) is 32.3. The zero-order chi connectivity index (χ0) is 19.6. The van der Waals surface area contributed by atoms with E-state index in [2.05, 4.69) is 53.1 Å². The van der Waals surface area contributed by atoms with Gasteiger partial charge in [0.25, 0.3) is 0 Å². The number of hydrogen-bond acceptors (Lipinski definition) is 2. The molecule has 173 valence electrons. The summed E-state index contributed by atoms with van der Waals surface area (Å²) in [4.78, 5) is 22.5. The second-order valence-corrected chi connectivity index (χ2v) is 18.8. The van der Waals surface area contributed by atoms with Crippen LogP contribution in [0.4, 0.5) is 0 Å². The predicted molar refractivity (Wildman–Crippen MR) is 159 cm³/mol. The molecule has 0 bridgehead atoms. The third kappa shape index (κ3) is 17.8. The number of ketones is 2. The molecule has 0 N–H and O–H groups in total. The van der Waals surface area contributed by atoms with Crippen LogP contribution in [0.1, 0.15) is 67.2 Å². The van der Waals surface area contributed by atoms with E-state index < -0.39 is 0 Å². The van der Waals surface area contributed by atoms with Crippen LogP contribution in [-0.2, 0) is 19.1 Å². The average molecular weight is 726 g/mol. The Hall–Kier alpha value is 1.65. The molecule has 0 aromatic carbocycles. The maximum absolute atomic E-state index is 11.3. The first kappa shape index (κ1) is 41.0. The van der Waals surface area contributed by atoms with E-state index in [1.165, 1.54) is 5.57 Å². The van der Waals surface area contributed by atoms with E-state index >= 15 is 0 Å². The average Bonchev–Trinajstić information content (AvgIpc) is 2.53. The van der Waals surface area contributed by atoms with Crippen molar-refractivity contribution in [2.75, 3.05) is 0 Å². The molecule has 0 amide bonds. The van der Waals surface area contributed by atoms with E-state index in [1.54, 1.807) is 0 Å². The van der Waals surface area contributed by atoms with Gasteiger partial charge in [-0.25, -0.2) is 0 Å². The van der Waals surface area contributed by atoms with Gasteiger partial charge in [-0.05, 0) is 57.4 Å². The summed E-state index contributed by atoms with van der Waals surface area (Å²) in [5.41, 5.74) is 3.22. The number of halogens is 2. The molecule has 0 aromatic rings. The van der Waals surface area contributed by atoms with Crippen molar-refractivity contribution in [1.29, 1.82) is 0 Å². The van der Waals surface area contributed by atoms with Crippen LogP contribution in [0.3, 0.4) is 0 Å². The Morgan fingerprint density at radius 2 is 1.45 bits per heavy atom. The van der Waals surface area contributed by atoms with Crippen LogP contribution < -0.4 is 0 Å². The number of carbonyl (C=O) groups excluding carboxylic acids is 2. The van der Waals surface area contributed by atoms with Gasteiger partial charge in [-0.15, -0.1) is 0 Å². The molecule has 0 radical (unpaired) electrons. The normalized spacial score (nSPS) is 22.0. The van der Waals surface area contributed by atoms with Gasteiger partial charge in [-0.2, -0.15) is 40.5 Å². The predicted octanol–water partition coefficient (Wildman–Crippen LogP) is 7.80. The zero-order valence-corrected chi connectivity index (χ0v) is 26.0. The van der Waals surface area contributed by atoms with Gasteiger partial charge in [0.1, 0.15) is 5.78 Å². The van der Waals surface area contributed by atoms with Gasteiger partial charge in [-0.3, -0.25) is 9.59 Å². The molecule has 2 rings (SSSR count). The monoisotopic (exact) mass is 725 g/mol. The summed E-state index contributed by atoms with van der Waals surface area (Å²) in [5.74, 6) is 1.86. The maximum atomic E-state index is 11.3. The molecule has 2 nitrogen and oxygen atoms in total. The molecule has 3 atom stereocenters. The summed E-state index contributed by atoms with van der Waals surface area (Å²) in [6.45, 7) is 15.7. The minimum atomic E-state index is 0. The van der Waals surface area contributed by atoms with Crippen molar-refractivity contribution in [3.05, 3.63) is 36.0 Å². The van der Waals surface area contributed by atoms with E-state index in [0.29, 0.717) is 39.4 Å². The van der Waals surface area contributed by atoms with E-state index in [1.807, 2.05) is 33.8 Å². The van der Waals surface area contributed by atoms with Gasteiger partial charge in [0.2, 0.25) is 0 Å². The van der Waals surface area contributed by atoms with Crippen LogP contribution in [-0.4, -0.2) is 11.6 Å². The molecule has 1 saturated carbocycles. The molecule has 0 heterocycles. The van der Waals surface area contributed by atoms with E-state index in [4.69, 9.17) is 0 Å². The van der Waals surface area contributed by atoms with Crippen LogP contribution >= 0.6 is 80.4 Å². The number of rotatable bonds is 2. The third-order valence-electron chi connectivity index (χ3n) is 4.92. The topological polar surface area (TPSA) is 34.1 Å². The van der Waals surface area contributed by atoms with E-state index in [-0.39, 0.29) is 53.7 Å². The van der Waals surface area contributed by atoms with Gasteiger partial charge in [0.05, 0.1) is 0 Å². The first-order valence-electron chi connectivity index (χ1n) is 8.59. The van der Waals surface area contributed by atoms with Crippen LogP contribution in [0, 0.1) is 17.8 Å². The number of carbonyl (C=O) groups is 2. The summed E-state index contributed by atoms with van der Waals surface area (Å²) in [5, 5.41) is 0.